The summed E-state index contributed by atoms with van der Waals surface area (Å²) in [5, 5.41) is 0.293. The molecule has 3 rings (SSSR count). The summed E-state index contributed by atoms with van der Waals surface area (Å²) in [6.45, 7) is 2.00. The monoisotopic (exact) mass is 380 g/mol. The highest BCUT2D eigenvalue weighted by Gasteiger charge is 2.47. The number of benzene rings is 1. The number of hydrogen-bond acceptors (Lipinski definition) is 3. The van der Waals surface area contributed by atoms with Crippen LogP contribution in [-0.4, -0.2) is 29.7 Å². The van der Waals surface area contributed by atoms with Crippen LogP contribution >= 0.6 is 39.3 Å². The predicted octanol–water partition coefficient (Wildman–Crippen LogP) is 4.63. The molecule has 7 heteroatoms. The van der Waals surface area contributed by atoms with E-state index in [-0.39, 0.29) is 16.0 Å². The Morgan fingerprint density at radius 3 is 2.90 bits per heavy atom. The number of anilines is 1. The molecule has 1 heterocycles. The van der Waals surface area contributed by atoms with Crippen molar-refractivity contribution in [3.05, 3.63) is 26.9 Å². The average molecular weight is 382 g/mol. The first-order chi connectivity index (χ1) is 9.54. The molecule has 0 radical (unpaired) electrons. The SMILES string of the molecule is CCSC1N=Cc2cc(Cl)c(Br)c(F)c2N1[C@H]1C[C@@H]1F. The number of fused-ring (bicyclic) bond motifs is 1. The predicted molar refractivity (Wildman–Crippen MR) is 84.4 cm³/mol. The first kappa shape index (κ1) is 14.6. The maximum Gasteiger partial charge on any atom is 0.169 e. The van der Waals surface area contributed by atoms with Gasteiger partial charge in [0.05, 0.1) is 21.2 Å². The topological polar surface area (TPSA) is 15.6 Å². The molecule has 1 aromatic carbocycles. The highest BCUT2D eigenvalue weighted by atomic mass is 79.9. The van der Waals surface area contributed by atoms with Crippen LogP contribution in [0.3, 0.4) is 0 Å². The molecular weight excluding hydrogens is 370 g/mol. The van der Waals surface area contributed by atoms with Crippen molar-refractivity contribution in [3.8, 4) is 0 Å². The van der Waals surface area contributed by atoms with Gasteiger partial charge in [-0.15, -0.1) is 11.8 Å². The van der Waals surface area contributed by atoms with Crippen molar-refractivity contribution in [2.45, 2.75) is 31.1 Å². The third-order valence-electron chi connectivity index (χ3n) is 3.36. The lowest BCUT2D eigenvalue weighted by atomic mass is 10.1. The summed E-state index contributed by atoms with van der Waals surface area (Å²) in [6.07, 6.45) is 1.14. The Bertz CT molecular complexity index is 584. The Hall–Kier alpha value is -0.330. The van der Waals surface area contributed by atoms with Gasteiger partial charge in [0, 0.05) is 18.2 Å². The van der Waals surface area contributed by atoms with Crippen molar-refractivity contribution >= 4 is 51.2 Å². The summed E-state index contributed by atoms with van der Waals surface area (Å²) in [6, 6.07) is 1.36. The minimum absolute atomic E-state index is 0.217. The zero-order valence-corrected chi connectivity index (χ0v) is 13.8. The highest BCUT2D eigenvalue weighted by molar-refractivity contribution is 9.10. The number of rotatable bonds is 3. The zero-order chi connectivity index (χ0) is 14.4. The maximum atomic E-state index is 14.6. The third-order valence-corrected chi connectivity index (χ3v) is 5.64. The molecule has 1 saturated carbocycles. The number of hydrogen-bond donors (Lipinski definition) is 0. The Morgan fingerprint density at radius 2 is 2.30 bits per heavy atom. The van der Waals surface area contributed by atoms with Crippen molar-refractivity contribution in [1.82, 2.24) is 0 Å². The fourth-order valence-electron chi connectivity index (χ4n) is 2.33. The minimum Gasteiger partial charge on any atom is -0.332 e. The van der Waals surface area contributed by atoms with E-state index in [1.165, 1.54) is 0 Å². The van der Waals surface area contributed by atoms with E-state index >= 15 is 0 Å². The van der Waals surface area contributed by atoms with Crippen LogP contribution in [0, 0.1) is 5.82 Å². The van der Waals surface area contributed by atoms with Crippen molar-refractivity contribution in [2.75, 3.05) is 10.7 Å². The van der Waals surface area contributed by atoms with E-state index in [0.717, 1.165) is 5.75 Å². The fraction of sp³-hybridized carbons (Fsp3) is 0.462. The second kappa shape index (κ2) is 5.46. The van der Waals surface area contributed by atoms with Gasteiger partial charge in [0.2, 0.25) is 0 Å². The minimum atomic E-state index is -0.912. The van der Waals surface area contributed by atoms with Gasteiger partial charge in [-0.1, -0.05) is 18.5 Å². The van der Waals surface area contributed by atoms with Crippen LogP contribution in [0.15, 0.2) is 15.5 Å². The number of aliphatic imine (C=N–C) groups is 1. The maximum absolute atomic E-state index is 14.6. The largest absolute Gasteiger partial charge is 0.332 e. The number of halogens is 4. The van der Waals surface area contributed by atoms with Gasteiger partial charge in [-0.25, -0.2) is 8.78 Å². The Kier molecular flexibility index (Phi) is 3.99. The lowest BCUT2D eigenvalue weighted by Gasteiger charge is -2.35. The van der Waals surface area contributed by atoms with E-state index in [0.29, 0.717) is 22.7 Å². The number of nitrogens with zero attached hydrogens (tertiary/aromatic N) is 2. The van der Waals surface area contributed by atoms with Gasteiger partial charge < -0.3 is 4.90 Å². The molecule has 0 N–H and O–H groups in total. The second-order valence-electron chi connectivity index (χ2n) is 4.71. The summed E-state index contributed by atoms with van der Waals surface area (Å²) in [4.78, 5) is 6.16. The average Bonchev–Trinajstić information content (AvgIpc) is 3.13. The Balaban J connectivity index is 2.10. The number of alkyl halides is 1. The second-order valence-corrected chi connectivity index (χ2v) is 7.24. The lowest BCUT2D eigenvalue weighted by Crippen LogP contribution is -2.39. The lowest BCUT2D eigenvalue weighted by molar-refractivity contribution is 0.457. The summed E-state index contributed by atoms with van der Waals surface area (Å²) in [5.74, 6) is 0.382. The molecule has 1 aliphatic heterocycles. The van der Waals surface area contributed by atoms with E-state index in [2.05, 4.69) is 20.9 Å². The van der Waals surface area contributed by atoms with Crippen molar-refractivity contribution in [3.63, 3.8) is 0 Å². The quantitative estimate of drug-likeness (QED) is 0.710. The molecule has 0 aromatic heterocycles. The zero-order valence-electron chi connectivity index (χ0n) is 10.6. The molecule has 1 aliphatic carbocycles. The molecule has 20 heavy (non-hydrogen) atoms. The first-order valence-corrected chi connectivity index (χ1v) is 8.51. The molecule has 1 aromatic rings. The van der Waals surface area contributed by atoms with Gasteiger partial charge in [0.15, 0.2) is 11.3 Å². The molecular formula is C13H12BrClF2N2S. The molecule has 0 amide bonds. The van der Waals surface area contributed by atoms with E-state index < -0.39 is 12.0 Å². The molecule has 3 atom stereocenters. The standard InChI is InChI=1S/C13H12BrClF2N2S/c1-2-20-13-18-5-6-3-7(15)10(14)11(17)12(6)19(13)9-4-8(9)16/h3,5,8-9,13H,2,4H2,1H3/t8-,9-,13?/m0/s1. The van der Waals surface area contributed by atoms with Gasteiger partial charge in [-0.2, -0.15) is 0 Å². The van der Waals surface area contributed by atoms with Crippen LogP contribution in [-0.2, 0) is 0 Å². The molecule has 0 spiro atoms. The highest BCUT2D eigenvalue weighted by Crippen LogP contribution is 2.45. The molecule has 2 nitrogen and oxygen atoms in total. The van der Waals surface area contributed by atoms with Crippen LogP contribution in [0.4, 0.5) is 14.5 Å². The van der Waals surface area contributed by atoms with Crippen molar-refractivity contribution in [1.29, 1.82) is 0 Å². The van der Waals surface area contributed by atoms with E-state index in [1.54, 1.807) is 28.9 Å². The summed E-state index contributed by atoms with van der Waals surface area (Å²) >= 11 is 10.7. The molecule has 0 bridgehead atoms. The van der Waals surface area contributed by atoms with Gasteiger partial charge in [-0.3, -0.25) is 4.99 Å². The van der Waals surface area contributed by atoms with E-state index in [9.17, 15) is 8.78 Å². The molecule has 1 fully saturated rings. The van der Waals surface area contributed by atoms with E-state index in [1.807, 2.05) is 6.92 Å². The van der Waals surface area contributed by atoms with Crippen LogP contribution in [0.1, 0.15) is 18.9 Å². The Morgan fingerprint density at radius 1 is 1.60 bits per heavy atom. The molecule has 1 unspecified atom stereocenters. The van der Waals surface area contributed by atoms with Crippen molar-refractivity contribution in [2.24, 2.45) is 4.99 Å². The van der Waals surface area contributed by atoms with E-state index in [4.69, 9.17) is 11.6 Å². The molecule has 2 aliphatic rings. The van der Waals surface area contributed by atoms with Crippen LogP contribution < -0.4 is 4.90 Å². The molecule has 0 saturated heterocycles. The Labute approximate surface area is 133 Å². The number of thioether (sulfide) groups is 1. The van der Waals surface area contributed by atoms with Gasteiger partial charge in [-0.05, 0) is 27.7 Å². The fourth-order valence-corrected chi connectivity index (χ4v) is 3.70. The smallest absolute Gasteiger partial charge is 0.169 e. The summed E-state index contributed by atoms with van der Waals surface area (Å²) in [7, 11) is 0. The molecule has 108 valence electrons. The van der Waals surface area contributed by atoms with Crippen molar-refractivity contribution < 1.29 is 8.78 Å². The van der Waals surface area contributed by atoms with Gasteiger partial charge >= 0.3 is 0 Å². The van der Waals surface area contributed by atoms with Crippen LogP contribution in [0.5, 0.6) is 0 Å². The summed E-state index contributed by atoms with van der Waals surface area (Å²) < 4.78 is 28.3. The third kappa shape index (κ3) is 2.35. The summed E-state index contributed by atoms with van der Waals surface area (Å²) in [5.41, 5.74) is 0.718. The normalized spacial score (nSPS) is 27.6. The van der Waals surface area contributed by atoms with Gasteiger partial charge in [0.1, 0.15) is 6.17 Å². The van der Waals surface area contributed by atoms with Gasteiger partial charge in [0.25, 0.3) is 0 Å². The first-order valence-electron chi connectivity index (χ1n) is 6.29. The van der Waals surface area contributed by atoms with Crippen LogP contribution in [0.25, 0.3) is 0 Å². The van der Waals surface area contributed by atoms with Crippen LogP contribution in [0.2, 0.25) is 5.02 Å².